The summed E-state index contributed by atoms with van der Waals surface area (Å²) in [6.07, 6.45) is 0. The predicted octanol–water partition coefficient (Wildman–Crippen LogP) is 3.80. The largest absolute Gasteiger partial charge is 0.462 e. The molecule has 0 unspecified atom stereocenters. The number of hydrogen-bond acceptors (Lipinski definition) is 5. The van der Waals surface area contributed by atoms with E-state index in [0.29, 0.717) is 22.4 Å². The van der Waals surface area contributed by atoms with Crippen LogP contribution < -0.4 is 5.32 Å². The highest BCUT2D eigenvalue weighted by Crippen LogP contribution is 2.29. The zero-order valence-electron chi connectivity index (χ0n) is 13.3. The molecule has 0 fully saturated rings. The zero-order chi connectivity index (χ0) is 18.0. The lowest BCUT2D eigenvalue weighted by Gasteiger charge is -2.19. The number of hydrogen-bond donors (Lipinski definition) is 1. The molecule has 2 aromatic carbocycles. The Morgan fingerprint density at radius 1 is 1.00 bits per heavy atom. The molecule has 5 nitrogen and oxygen atoms in total. The minimum absolute atomic E-state index is 0.0225. The third-order valence-corrected chi connectivity index (χ3v) is 4.09. The first-order valence-corrected chi connectivity index (χ1v) is 8.03. The molecule has 1 N–H and O–H groups in total. The lowest BCUT2D eigenvalue weighted by molar-refractivity contribution is 0.0526. The lowest BCUT2D eigenvalue weighted by atomic mass is 9.92. The van der Waals surface area contributed by atoms with Crippen LogP contribution in [0.15, 0.2) is 59.3 Å². The molecule has 0 radical (unpaired) electrons. The average molecular weight is 356 g/mol. The van der Waals surface area contributed by atoms with Gasteiger partial charge in [0.1, 0.15) is 10.7 Å². The maximum Gasteiger partial charge on any atom is 0.338 e. The van der Waals surface area contributed by atoms with E-state index < -0.39 is 11.8 Å². The van der Waals surface area contributed by atoms with Crippen molar-refractivity contribution in [1.29, 1.82) is 0 Å². The van der Waals surface area contributed by atoms with Gasteiger partial charge in [-0.3, -0.25) is 9.59 Å². The van der Waals surface area contributed by atoms with Crippen LogP contribution in [0.3, 0.4) is 0 Å². The molecule has 126 valence electrons. The number of halogens is 1. The molecule has 0 amide bonds. The Balaban J connectivity index is 1.88. The number of fused-ring (bicyclic) bond motifs is 1. The number of Topliss-reactive ketones (excluding diaryl/α,β-unsaturated/α-hetero) is 2. The van der Waals surface area contributed by atoms with Gasteiger partial charge in [0, 0.05) is 16.8 Å². The van der Waals surface area contributed by atoms with Crippen molar-refractivity contribution in [1.82, 2.24) is 0 Å². The van der Waals surface area contributed by atoms with Crippen LogP contribution in [0.5, 0.6) is 0 Å². The molecule has 2 aromatic rings. The molecule has 0 bridgehead atoms. The Kier molecular flexibility index (Phi) is 4.67. The van der Waals surface area contributed by atoms with E-state index in [1.165, 1.54) is 0 Å². The number of anilines is 1. The SMILES string of the molecule is CCOC(=O)c1ccc(NC2=C(Cl)C(=O)c3ccccc3C2=O)cc1. The highest BCUT2D eigenvalue weighted by molar-refractivity contribution is 6.50. The summed E-state index contributed by atoms with van der Waals surface area (Å²) in [7, 11) is 0. The van der Waals surface area contributed by atoms with Crippen molar-refractivity contribution >= 4 is 34.8 Å². The molecule has 1 aliphatic carbocycles. The molecular weight excluding hydrogens is 342 g/mol. The van der Waals surface area contributed by atoms with E-state index in [0.717, 1.165) is 0 Å². The van der Waals surface area contributed by atoms with Gasteiger partial charge in [-0.15, -0.1) is 0 Å². The zero-order valence-corrected chi connectivity index (χ0v) is 14.1. The summed E-state index contributed by atoms with van der Waals surface area (Å²) in [4.78, 5) is 36.6. The Hall–Kier alpha value is -2.92. The Morgan fingerprint density at radius 2 is 1.60 bits per heavy atom. The summed E-state index contributed by atoms with van der Waals surface area (Å²) >= 11 is 6.10. The van der Waals surface area contributed by atoms with Crippen LogP contribution in [0.1, 0.15) is 38.0 Å². The maximum atomic E-state index is 12.6. The number of rotatable bonds is 4. The van der Waals surface area contributed by atoms with Gasteiger partial charge in [0.25, 0.3) is 0 Å². The van der Waals surface area contributed by atoms with Gasteiger partial charge in [-0.25, -0.2) is 4.79 Å². The van der Waals surface area contributed by atoms with Crippen LogP contribution >= 0.6 is 11.6 Å². The van der Waals surface area contributed by atoms with Crippen LogP contribution in [-0.4, -0.2) is 24.1 Å². The second kappa shape index (κ2) is 6.91. The van der Waals surface area contributed by atoms with Crippen molar-refractivity contribution < 1.29 is 19.1 Å². The monoisotopic (exact) mass is 355 g/mol. The fourth-order valence-corrected chi connectivity index (χ4v) is 2.74. The minimum Gasteiger partial charge on any atom is -0.462 e. The fraction of sp³-hybridized carbons (Fsp3) is 0.105. The number of carbonyl (C=O) groups is 3. The first-order valence-electron chi connectivity index (χ1n) is 7.65. The van der Waals surface area contributed by atoms with Gasteiger partial charge >= 0.3 is 5.97 Å². The quantitative estimate of drug-likeness (QED) is 0.844. The Morgan fingerprint density at radius 3 is 2.20 bits per heavy atom. The number of ketones is 2. The number of allylic oxidation sites excluding steroid dienone is 2. The van der Waals surface area contributed by atoms with Crippen LogP contribution in [-0.2, 0) is 4.74 Å². The van der Waals surface area contributed by atoms with Crippen molar-refractivity contribution in [2.45, 2.75) is 6.92 Å². The van der Waals surface area contributed by atoms with Crippen LogP contribution in [0, 0.1) is 0 Å². The van der Waals surface area contributed by atoms with Crippen molar-refractivity contribution in [2.24, 2.45) is 0 Å². The molecule has 0 aromatic heterocycles. The number of esters is 1. The van der Waals surface area contributed by atoms with E-state index in [4.69, 9.17) is 16.3 Å². The van der Waals surface area contributed by atoms with E-state index >= 15 is 0 Å². The summed E-state index contributed by atoms with van der Waals surface area (Å²) in [5, 5.41) is 2.72. The molecule has 0 saturated heterocycles. The second-order valence-electron chi connectivity index (χ2n) is 5.32. The summed E-state index contributed by atoms with van der Waals surface area (Å²) in [5.41, 5.74) is 1.54. The summed E-state index contributed by atoms with van der Waals surface area (Å²) in [5.74, 6) is -1.18. The van der Waals surface area contributed by atoms with E-state index in [2.05, 4.69) is 5.32 Å². The van der Waals surface area contributed by atoms with Crippen molar-refractivity contribution in [3.05, 3.63) is 76.0 Å². The van der Waals surface area contributed by atoms with Gasteiger partial charge in [-0.1, -0.05) is 35.9 Å². The first-order chi connectivity index (χ1) is 12.0. The van der Waals surface area contributed by atoms with Crippen molar-refractivity contribution in [2.75, 3.05) is 11.9 Å². The van der Waals surface area contributed by atoms with Gasteiger partial charge in [-0.05, 0) is 31.2 Å². The number of nitrogens with one attached hydrogen (secondary N) is 1. The smallest absolute Gasteiger partial charge is 0.338 e. The van der Waals surface area contributed by atoms with Gasteiger partial charge in [-0.2, -0.15) is 0 Å². The van der Waals surface area contributed by atoms with E-state index in [1.807, 2.05) is 0 Å². The number of carbonyl (C=O) groups excluding carboxylic acids is 3. The van der Waals surface area contributed by atoms with Crippen molar-refractivity contribution in [3.63, 3.8) is 0 Å². The van der Waals surface area contributed by atoms with E-state index in [-0.39, 0.29) is 23.1 Å². The lowest BCUT2D eigenvalue weighted by Crippen LogP contribution is -2.24. The molecular formula is C19H14ClNO4. The molecule has 0 saturated carbocycles. The second-order valence-corrected chi connectivity index (χ2v) is 5.69. The molecule has 3 rings (SSSR count). The number of benzene rings is 2. The molecule has 6 heteroatoms. The minimum atomic E-state index is -0.427. The molecule has 25 heavy (non-hydrogen) atoms. The van der Waals surface area contributed by atoms with E-state index in [9.17, 15) is 14.4 Å². The Bertz CT molecular complexity index is 900. The van der Waals surface area contributed by atoms with Crippen LogP contribution in [0.25, 0.3) is 0 Å². The summed E-state index contributed by atoms with van der Waals surface area (Å²) < 4.78 is 4.92. The molecule has 0 spiro atoms. The third-order valence-electron chi connectivity index (χ3n) is 3.73. The normalized spacial score (nSPS) is 13.5. The Labute approximate surface area is 149 Å². The summed E-state index contributed by atoms with van der Waals surface area (Å²) in [6, 6.07) is 12.9. The van der Waals surface area contributed by atoms with Gasteiger partial charge in [0.15, 0.2) is 0 Å². The number of ether oxygens (including phenoxy) is 1. The topological polar surface area (TPSA) is 72.5 Å². The molecule has 0 atom stereocenters. The van der Waals surface area contributed by atoms with E-state index in [1.54, 1.807) is 55.5 Å². The van der Waals surface area contributed by atoms with Gasteiger partial charge in [0.2, 0.25) is 11.6 Å². The molecule has 0 aliphatic heterocycles. The highest BCUT2D eigenvalue weighted by Gasteiger charge is 2.31. The standard InChI is InChI=1S/C19H14ClNO4/c1-2-25-19(24)11-7-9-12(10-8-11)21-16-15(20)17(22)13-5-3-4-6-14(13)18(16)23/h3-10,21H,2H2,1H3. The summed E-state index contributed by atoms with van der Waals surface area (Å²) in [6.45, 7) is 2.02. The molecule has 0 heterocycles. The van der Waals surface area contributed by atoms with Gasteiger partial charge in [0.05, 0.1) is 12.2 Å². The predicted molar refractivity (Wildman–Crippen MR) is 94.0 cm³/mol. The first kappa shape index (κ1) is 16.9. The van der Waals surface area contributed by atoms with Crippen LogP contribution in [0.4, 0.5) is 5.69 Å². The fourth-order valence-electron chi connectivity index (χ4n) is 2.51. The maximum absolute atomic E-state index is 12.6. The van der Waals surface area contributed by atoms with Crippen molar-refractivity contribution in [3.8, 4) is 0 Å². The highest BCUT2D eigenvalue weighted by atomic mass is 35.5. The third kappa shape index (κ3) is 3.19. The van der Waals surface area contributed by atoms with Crippen LogP contribution in [0.2, 0.25) is 0 Å². The molecule has 1 aliphatic rings. The van der Waals surface area contributed by atoms with Gasteiger partial charge < -0.3 is 10.1 Å². The average Bonchev–Trinajstić information content (AvgIpc) is 2.64.